The van der Waals surface area contributed by atoms with Crippen LogP contribution in [-0.2, 0) is 0 Å². The van der Waals surface area contributed by atoms with Gasteiger partial charge in [-0.2, -0.15) is 5.26 Å². The van der Waals surface area contributed by atoms with Gasteiger partial charge in [0.05, 0.1) is 6.07 Å². The highest BCUT2D eigenvalue weighted by molar-refractivity contribution is 5.04. The number of unbranched alkanes of at least 4 members (excludes halogenated alkanes) is 2. The van der Waals surface area contributed by atoms with E-state index in [1.165, 1.54) is 25.7 Å². The van der Waals surface area contributed by atoms with E-state index in [-0.39, 0.29) is 0 Å². The van der Waals surface area contributed by atoms with E-state index in [9.17, 15) is 0 Å². The van der Waals surface area contributed by atoms with Crippen molar-refractivity contribution in [1.82, 2.24) is 0 Å². The Kier molecular flexibility index (Phi) is 7.39. The molecule has 0 fully saturated rings. The topological polar surface area (TPSA) is 23.8 Å². The van der Waals surface area contributed by atoms with E-state index in [2.05, 4.69) is 32.9 Å². The van der Waals surface area contributed by atoms with Gasteiger partial charge >= 0.3 is 0 Å². The van der Waals surface area contributed by atoms with E-state index in [0.29, 0.717) is 11.8 Å². The maximum absolute atomic E-state index is 8.43. The van der Waals surface area contributed by atoms with Crippen LogP contribution in [0.1, 0.15) is 46.5 Å². The lowest BCUT2D eigenvalue weighted by Crippen LogP contribution is -2.05. The maximum atomic E-state index is 8.43. The average molecular weight is 179 g/mol. The summed E-state index contributed by atoms with van der Waals surface area (Å²) in [5, 5.41) is 8.43. The second kappa shape index (κ2) is 7.86. The van der Waals surface area contributed by atoms with Crippen LogP contribution in [0.15, 0.2) is 12.2 Å². The molecule has 0 aliphatic carbocycles. The quantitative estimate of drug-likeness (QED) is 0.448. The van der Waals surface area contributed by atoms with Crippen LogP contribution >= 0.6 is 0 Å². The van der Waals surface area contributed by atoms with Gasteiger partial charge in [0.1, 0.15) is 0 Å². The summed E-state index contributed by atoms with van der Waals surface area (Å²) in [4.78, 5) is 0. The van der Waals surface area contributed by atoms with Gasteiger partial charge in [-0.15, -0.1) is 0 Å². The Bertz CT molecular complexity index is 174. The maximum Gasteiger partial charge on any atom is 0.0908 e. The van der Waals surface area contributed by atoms with Crippen LogP contribution < -0.4 is 0 Å². The third-order valence-corrected chi connectivity index (χ3v) is 2.42. The van der Waals surface area contributed by atoms with Gasteiger partial charge in [-0.25, -0.2) is 0 Å². The predicted octanol–water partition coefficient (Wildman–Crippen LogP) is 3.92. The van der Waals surface area contributed by atoms with E-state index >= 15 is 0 Å². The number of nitrogens with zero attached hydrogens (tertiary/aromatic N) is 1. The van der Waals surface area contributed by atoms with Crippen molar-refractivity contribution in [1.29, 1.82) is 5.26 Å². The van der Waals surface area contributed by atoms with E-state index in [1.54, 1.807) is 6.08 Å². The van der Waals surface area contributed by atoms with Crippen molar-refractivity contribution in [2.24, 2.45) is 11.8 Å². The third kappa shape index (κ3) is 6.40. The van der Waals surface area contributed by atoms with Crippen LogP contribution in [0.25, 0.3) is 0 Å². The minimum absolute atomic E-state index is 0.589. The zero-order valence-corrected chi connectivity index (χ0v) is 9.09. The molecule has 0 N–H and O–H groups in total. The molecule has 0 aromatic carbocycles. The number of nitriles is 1. The standard InChI is InChI=1S/C12H21N/c1-4-5-6-8-12(11(2)3)9-7-10-13/h7,9,11-12H,4-6,8H2,1-3H3/b9-7-/t12-/m1/s1. The summed E-state index contributed by atoms with van der Waals surface area (Å²) in [5.74, 6) is 1.24. The summed E-state index contributed by atoms with van der Waals surface area (Å²) in [7, 11) is 0. The highest BCUT2D eigenvalue weighted by atomic mass is 14.2. The molecule has 1 nitrogen and oxygen atoms in total. The van der Waals surface area contributed by atoms with Crippen molar-refractivity contribution in [3.8, 4) is 6.07 Å². The molecule has 0 unspecified atom stereocenters. The molecule has 0 aliphatic heterocycles. The third-order valence-electron chi connectivity index (χ3n) is 2.42. The molecule has 0 saturated carbocycles. The van der Waals surface area contributed by atoms with Crippen molar-refractivity contribution >= 4 is 0 Å². The summed E-state index contributed by atoms with van der Waals surface area (Å²) >= 11 is 0. The van der Waals surface area contributed by atoms with Crippen molar-refractivity contribution in [2.45, 2.75) is 46.5 Å². The second-order valence-electron chi connectivity index (χ2n) is 3.89. The minimum atomic E-state index is 0.589. The molecule has 0 rings (SSSR count). The van der Waals surface area contributed by atoms with Crippen LogP contribution in [0, 0.1) is 23.2 Å². The lowest BCUT2D eigenvalue weighted by molar-refractivity contribution is 0.418. The first kappa shape index (κ1) is 12.2. The normalized spacial score (nSPS) is 13.5. The van der Waals surface area contributed by atoms with Crippen molar-refractivity contribution in [2.75, 3.05) is 0 Å². The van der Waals surface area contributed by atoms with Crippen molar-refractivity contribution < 1.29 is 0 Å². The van der Waals surface area contributed by atoms with Crippen LogP contribution in [0.2, 0.25) is 0 Å². The first-order valence-electron chi connectivity index (χ1n) is 5.28. The molecule has 0 aromatic heterocycles. The molecule has 0 heterocycles. The van der Waals surface area contributed by atoms with Crippen LogP contribution in [-0.4, -0.2) is 0 Å². The summed E-state index contributed by atoms with van der Waals surface area (Å²) in [6, 6.07) is 2.06. The lowest BCUT2D eigenvalue weighted by atomic mass is 9.90. The Morgan fingerprint density at radius 3 is 2.46 bits per heavy atom. The fourth-order valence-corrected chi connectivity index (χ4v) is 1.45. The first-order valence-corrected chi connectivity index (χ1v) is 5.28. The van der Waals surface area contributed by atoms with E-state index in [0.717, 1.165) is 0 Å². The molecule has 13 heavy (non-hydrogen) atoms. The SMILES string of the molecule is CCCCC[C@H](/C=C\C#N)C(C)C. The lowest BCUT2D eigenvalue weighted by Gasteiger charge is -2.15. The van der Waals surface area contributed by atoms with Crippen LogP contribution in [0.4, 0.5) is 0 Å². The smallest absolute Gasteiger partial charge is 0.0908 e. The molecule has 0 radical (unpaired) electrons. The van der Waals surface area contributed by atoms with Gasteiger partial charge in [0, 0.05) is 6.08 Å². The van der Waals surface area contributed by atoms with Crippen molar-refractivity contribution in [3.63, 3.8) is 0 Å². The van der Waals surface area contributed by atoms with Gasteiger partial charge in [-0.3, -0.25) is 0 Å². The molecular weight excluding hydrogens is 158 g/mol. The predicted molar refractivity (Wildman–Crippen MR) is 57.2 cm³/mol. The highest BCUT2D eigenvalue weighted by Crippen LogP contribution is 2.19. The molecule has 0 aromatic rings. The number of rotatable bonds is 6. The van der Waals surface area contributed by atoms with Gasteiger partial charge in [0.15, 0.2) is 0 Å². The van der Waals surface area contributed by atoms with E-state index in [4.69, 9.17) is 5.26 Å². The van der Waals surface area contributed by atoms with E-state index in [1.807, 2.05) is 0 Å². The Morgan fingerprint density at radius 1 is 1.31 bits per heavy atom. The van der Waals surface area contributed by atoms with Crippen molar-refractivity contribution in [3.05, 3.63) is 12.2 Å². The zero-order chi connectivity index (χ0) is 10.1. The highest BCUT2D eigenvalue weighted by Gasteiger charge is 2.08. The first-order chi connectivity index (χ1) is 6.22. The zero-order valence-electron chi connectivity index (χ0n) is 9.09. The average Bonchev–Trinajstić information content (AvgIpc) is 2.10. The molecular formula is C12H21N. The molecule has 0 amide bonds. The molecule has 74 valence electrons. The summed E-state index contributed by atoms with van der Waals surface area (Å²) in [6.07, 6.45) is 8.77. The number of hydrogen-bond acceptors (Lipinski definition) is 1. The van der Waals surface area contributed by atoms with Crippen LogP contribution in [0.3, 0.4) is 0 Å². The number of hydrogen-bond donors (Lipinski definition) is 0. The van der Waals surface area contributed by atoms with Crippen LogP contribution in [0.5, 0.6) is 0 Å². The molecule has 1 atom stereocenters. The molecule has 0 spiro atoms. The van der Waals surface area contributed by atoms with Gasteiger partial charge in [0.2, 0.25) is 0 Å². The Balaban J connectivity index is 3.82. The summed E-state index contributed by atoms with van der Waals surface area (Å²) < 4.78 is 0. The van der Waals surface area contributed by atoms with Gasteiger partial charge in [-0.05, 0) is 18.3 Å². The Hall–Kier alpha value is -0.770. The molecule has 0 saturated heterocycles. The Morgan fingerprint density at radius 2 is 2.00 bits per heavy atom. The minimum Gasteiger partial charge on any atom is -0.193 e. The fourth-order valence-electron chi connectivity index (χ4n) is 1.45. The van der Waals surface area contributed by atoms with Gasteiger partial charge in [0.25, 0.3) is 0 Å². The number of allylic oxidation sites excluding steroid dienone is 2. The molecule has 0 aliphatic rings. The summed E-state index contributed by atoms with van der Waals surface area (Å²) in [5.41, 5.74) is 0. The van der Waals surface area contributed by atoms with E-state index < -0.39 is 0 Å². The molecule has 1 heteroatoms. The largest absolute Gasteiger partial charge is 0.193 e. The second-order valence-corrected chi connectivity index (χ2v) is 3.89. The fraction of sp³-hybridized carbons (Fsp3) is 0.750. The monoisotopic (exact) mass is 179 g/mol. The molecule has 0 bridgehead atoms. The Labute approximate surface area is 82.5 Å². The van der Waals surface area contributed by atoms with Gasteiger partial charge < -0.3 is 0 Å². The summed E-state index contributed by atoms with van der Waals surface area (Å²) in [6.45, 7) is 6.66. The van der Waals surface area contributed by atoms with Gasteiger partial charge in [-0.1, -0.05) is 46.1 Å².